The van der Waals surface area contributed by atoms with Gasteiger partial charge in [0.05, 0.1) is 0 Å². The van der Waals surface area contributed by atoms with Crippen molar-refractivity contribution in [2.45, 2.75) is 27.2 Å². The summed E-state index contributed by atoms with van der Waals surface area (Å²) in [5, 5.41) is 6.25. The average Bonchev–Trinajstić information content (AvgIpc) is 2.40. The van der Waals surface area contributed by atoms with Gasteiger partial charge in [-0.1, -0.05) is 22.0 Å². The number of rotatable bonds is 5. The van der Waals surface area contributed by atoms with Crippen molar-refractivity contribution in [2.24, 2.45) is 0 Å². The normalized spacial score (nSPS) is 10.4. The molecule has 0 fully saturated rings. The Balaban J connectivity index is 1.85. The molecule has 0 aliphatic carbocycles. The van der Waals surface area contributed by atoms with E-state index in [0.717, 1.165) is 32.5 Å². The molecule has 0 saturated heterocycles. The molecule has 0 aromatic heterocycles. The van der Waals surface area contributed by atoms with E-state index >= 15 is 0 Å². The van der Waals surface area contributed by atoms with Crippen LogP contribution in [0.15, 0.2) is 40.9 Å². The van der Waals surface area contributed by atoms with Gasteiger partial charge in [-0.3, -0.25) is 4.79 Å². The second-order valence-corrected chi connectivity index (χ2v) is 6.48. The Bertz CT molecular complexity index is 663. The maximum atomic E-state index is 12.0. The van der Waals surface area contributed by atoms with Crippen LogP contribution in [0.2, 0.25) is 0 Å². The molecule has 22 heavy (non-hydrogen) atoms. The number of carbonyl (C=O) groups excluding carboxylic acids is 1. The number of hydrogen-bond donors (Lipinski definition) is 2. The monoisotopic (exact) mass is 360 g/mol. The first-order valence-electron chi connectivity index (χ1n) is 7.32. The summed E-state index contributed by atoms with van der Waals surface area (Å²) in [6.07, 6.45) is 0.433. The van der Waals surface area contributed by atoms with Crippen molar-refractivity contribution >= 4 is 33.2 Å². The van der Waals surface area contributed by atoms with E-state index in [1.807, 2.05) is 45.0 Å². The van der Waals surface area contributed by atoms with Crippen molar-refractivity contribution in [2.75, 3.05) is 17.2 Å². The zero-order valence-corrected chi connectivity index (χ0v) is 14.8. The molecule has 2 aromatic carbocycles. The first-order chi connectivity index (χ1) is 10.4. The number of amides is 1. The summed E-state index contributed by atoms with van der Waals surface area (Å²) < 4.78 is 1.06. The molecule has 0 atom stereocenters. The second-order valence-electron chi connectivity index (χ2n) is 5.56. The van der Waals surface area contributed by atoms with Gasteiger partial charge < -0.3 is 10.6 Å². The van der Waals surface area contributed by atoms with E-state index in [2.05, 4.69) is 38.7 Å². The quantitative estimate of drug-likeness (QED) is 0.802. The molecule has 2 aromatic rings. The largest absolute Gasteiger partial charge is 0.384 e. The molecule has 0 radical (unpaired) electrons. The van der Waals surface area contributed by atoms with Crippen molar-refractivity contribution in [3.05, 3.63) is 57.6 Å². The second kappa shape index (κ2) is 7.45. The van der Waals surface area contributed by atoms with Crippen LogP contribution in [0.1, 0.15) is 23.1 Å². The van der Waals surface area contributed by atoms with Crippen LogP contribution < -0.4 is 10.6 Å². The van der Waals surface area contributed by atoms with Gasteiger partial charge in [0.15, 0.2) is 0 Å². The van der Waals surface area contributed by atoms with Gasteiger partial charge in [0.25, 0.3) is 0 Å². The maximum absolute atomic E-state index is 12.0. The third kappa shape index (κ3) is 4.88. The Morgan fingerprint density at radius 1 is 1.05 bits per heavy atom. The molecule has 0 aliphatic rings. The molecule has 1 amide bonds. The van der Waals surface area contributed by atoms with Crippen LogP contribution in [-0.4, -0.2) is 12.5 Å². The molecule has 0 bridgehead atoms. The van der Waals surface area contributed by atoms with E-state index in [0.29, 0.717) is 13.0 Å². The molecule has 116 valence electrons. The average molecular weight is 361 g/mol. The fourth-order valence-corrected chi connectivity index (χ4v) is 2.88. The van der Waals surface area contributed by atoms with Gasteiger partial charge >= 0.3 is 0 Å². The summed E-state index contributed by atoms with van der Waals surface area (Å²) in [5.41, 5.74) is 5.38. The van der Waals surface area contributed by atoms with Gasteiger partial charge in [-0.15, -0.1) is 0 Å². The first kappa shape index (κ1) is 16.6. The van der Waals surface area contributed by atoms with Crippen LogP contribution >= 0.6 is 15.9 Å². The Kier molecular flexibility index (Phi) is 5.61. The highest BCUT2D eigenvalue weighted by atomic mass is 79.9. The Morgan fingerprint density at radius 3 is 2.36 bits per heavy atom. The highest BCUT2D eigenvalue weighted by Crippen LogP contribution is 2.20. The summed E-state index contributed by atoms with van der Waals surface area (Å²) in [6, 6.07) is 12.1. The van der Waals surface area contributed by atoms with Gasteiger partial charge in [0.2, 0.25) is 5.91 Å². The van der Waals surface area contributed by atoms with Gasteiger partial charge in [-0.25, -0.2) is 0 Å². The van der Waals surface area contributed by atoms with Gasteiger partial charge in [-0.05, 0) is 67.8 Å². The van der Waals surface area contributed by atoms with Crippen molar-refractivity contribution in [1.82, 2.24) is 0 Å². The highest BCUT2D eigenvalue weighted by molar-refractivity contribution is 9.10. The minimum absolute atomic E-state index is 0.0206. The minimum atomic E-state index is 0.0206. The van der Waals surface area contributed by atoms with Crippen LogP contribution in [-0.2, 0) is 4.79 Å². The number of carbonyl (C=O) groups is 1. The predicted octanol–water partition coefficient (Wildman–Crippen LogP) is 4.82. The lowest BCUT2D eigenvalue weighted by Gasteiger charge is -2.11. The lowest BCUT2D eigenvalue weighted by atomic mass is 10.1. The molecule has 3 nitrogen and oxygen atoms in total. The summed E-state index contributed by atoms with van der Waals surface area (Å²) >= 11 is 3.44. The molecular weight excluding hydrogens is 340 g/mol. The topological polar surface area (TPSA) is 41.1 Å². The Morgan fingerprint density at radius 2 is 1.73 bits per heavy atom. The van der Waals surface area contributed by atoms with E-state index < -0.39 is 0 Å². The van der Waals surface area contributed by atoms with E-state index in [1.165, 1.54) is 0 Å². The predicted molar refractivity (Wildman–Crippen MR) is 96.5 cm³/mol. The van der Waals surface area contributed by atoms with Crippen LogP contribution in [0.4, 0.5) is 11.4 Å². The van der Waals surface area contributed by atoms with Crippen molar-refractivity contribution in [1.29, 1.82) is 0 Å². The standard InChI is InChI=1S/C18H21BrN2O/c1-12-8-13(2)10-16(9-12)21-18(22)6-7-20-17-5-4-15(19)11-14(17)3/h4-5,8-11,20H,6-7H2,1-3H3,(H,21,22). The fraction of sp³-hybridized carbons (Fsp3) is 0.278. The van der Waals surface area contributed by atoms with Crippen molar-refractivity contribution < 1.29 is 4.79 Å². The molecule has 4 heteroatoms. The van der Waals surface area contributed by atoms with Gasteiger partial charge in [-0.2, -0.15) is 0 Å². The molecule has 0 heterocycles. The molecule has 0 saturated carbocycles. The number of benzene rings is 2. The Labute approximate surface area is 140 Å². The van der Waals surface area contributed by atoms with Crippen LogP contribution in [0.25, 0.3) is 0 Å². The zero-order valence-electron chi connectivity index (χ0n) is 13.2. The highest BCUT2D eigenvalue weighted by Gasteiger charge is 2.04. The third-order valence-electron chi connectivity index (χ3n) is 3.36. The summed E-state index contributed by atoms with van der Waals surface area (Å²) in [6.45, 7) is 6.71. The number of nitrogens with one attached hydrogen (secondary N) is 2. The molecule has 2 N–H and O–H groups in total. The number of halogens is 1. The van der Waals surface area contributed by atoms with E-state index in [-0.39, 0.29) is 5.91 Å². The lowest BCUT2D eigenvalue weighted by Crippen LogP contribution is -2.16. The maximum Gasteiger partial charge on any atom is 0.226 e. The molecular formula is C18H21BrN2O. The smallest absolute Gasteiger partial charge is 0.226 e. The molecule has 0 unspecified atom stereocenters. The summed E-state index contributed by atoms with van der Waals surface area (Å²) in [7, 11) is 0. The van der Waals surface area contributed by atoms with Crippen LogP contribution in [0.5, 0.6) is 0 Å². The SMILES string of the molecule is Cc1cc(C)cc(NC(=O)CCNc2ccc(Br)cc2C)c1. The van der Waals surface area contributed by atoms with E-state index in [9.17, 15) is 4.79 Å². The van der Waals surface area contributed by atoms with Crippen LogP contribution in [0.3, 0.4) is 0 Å². The molecule has 0 spiro atoms. The third-order valence-corrected chi connectivity index (χ3v) is 3.85. The molecule has 2 rings (SSSR count). The Hall–Kier alpha value is -1.81. The molecule has 0 aliphatic heterocycles. The summed E-state index contributed by atoms with van der Waals surface area (Å²) in [4.78, 5) is 12.0. The zero-order chi connectivity index (χ0) is 16.1. The van der Waals surface area contributed by atoms with Gasteiger partial charge in [0.1, 0.15) is 0 Å². The number of anilines is 2. The number of aryl methyl sites for hydroxylation is 3. The fourth-order valence-electron chi connectivity index (χ4n) is 2.41. The van der Waals surface area contributed by atoms with E-state index in [4.69, 9.17) is 0 Å². The first-order valence-corrected chi connectivity index (χ1v) is 8.11. The van der Waals surface area contributed by atoms with Gasteiger partial charge in [0, 0.05) is 28.8 Å². The lowest BCUT2D eigenvalue weighted by molar-refractivity contribution is -0.115. The van der Waals surface area contributed by atoms with Crippen molar-refractivity contribution in [3.8, 4) is 0 Å². The minimum Gasteiger partial charge on any atom is -0.384 e. The van der Waals surface area contributed by atoms with Crippen LogP contribution in [0, 0.1) is 20.8 Å². The number of hydrogen-bond acceptors (Lipinski definition) is 2. The van der Waals surface area contributed by atoms with E-state index in [1.54, 1.807) is 0 Å². The summed E-state index contributed by atoms with van der Waals surface area (Å²) in [5.74, 6) is 0.0206. The van der Waals surface area contributed by atoms with Crippen molar-refractivity contribution in [3.63, 3.8) is 0 Å².